The van der Waals surface area contributed by atoms with E-state index in [4.69, 9.17) is 4.74 Å². The minimum atomic E-state index is 0.520. The van der Waals surface area contributed by atoms with Crippen molar-refractivity contribution in [2.24, 2.45) is 5.41 Å². The number of piperidine rings is 2. The van der Waals surface area contributed by atoms with Gasteiger partial charge in [0.15, 0.2) is 0 Å². The molecule has 0 amide bonds. The van der Waals surface area contributed by atoms with Gasteiger partial charge in [-0.1, -0.05) is 13.8 Å². The number of nitrogens with zero attached hydrogens (tertiary/aromatic N) is 1. The molecular weight excluding hydrogens is 224 g/mol. The molecule has 2 rings (SSSR count). The zero-order chi connectivity index (χ0) is 12.8. The molecule has 0 bridgehead atoms. The van der Waals surface area contributed by atoms with E-state index in [0.29, 0.717) is 11.5 Å². The van der Waals surface area contributed by atoms with Gasteiger partial charge in [-0.2, -0.15) is 0 Å². The Morgan fingerprint density at radius 2 is 1.83 bits per heavy atom. The summed E-state index contributed by atoms with van der Waals surface area (Å²) in [4.78, 5) is 2.61. The second kappa shape index (κ2) is 6.88. The van der Waals surface area contributed by atoms with Crippen molar-refractivity contribution in [1.29, 1.82) is 0 Å². The molecule has 2 aliphatic heterocycles. The molecule has 3 nitrogen and oxygen atoms in total. The molecule has 0 unspecified atom stereocenters. The highest BCUT2D eigenvalue weighted by molar-refractivity contribution is 4.78. The molecule has 106 valence electrons. The molecule has 3 heteroatoms. The third-order valence-corrected chi connectivity index (χ3v) is 4.47. The van der Waals surface area contributed by atoms with E-state index in [0.717, 1.165) is 19.7 Å². The fourth-order valence-electron chi connectivity index (χ4n) is 2.88. The van der Waals surface area contributed by atoms with Crippen LogP contribution in [0.1, 0.15) is 46.0 Å². The van der Waals surface area contributed by atoms with E-state index >= 15 is 0 Å². The van der Waals surface area contributed by atoms with E-state index in [1.807, 2.05) is 0 Å². The van der Waals surface area contributed by atoms with Crippen molar-refractivity contribution >= 4 is 0 Å². The number of rotatable bonds is 5. The lowest BCUT2D eigenvalue weighted by molar-refractivity contribution is 0.0249. The first-order valence-electron chi connectivity index (χ1n) is 7.70. The molecule has 0 aromatic rings. The SMILES string of the molecule is CC1(C)CCN(CCCOC2CCNCC2)CC1. The molecule has 1 N–H and O–H groups in total. The maximum atomic E-state index is 5.95. The first-order chi connectivity index (χ1) is 8.66. The largest absolute Gasteiger partial charge is 0.378 e. The van der Waals surface area contributed by atoms with Gasteiger partial charge in [0.25, 0.3) is 0 Å². The normalized spacial score (nSPS) is 26.3. The van der Waals surface area contributed by atoms with Gasteiger partial charge >= 0.3 is 0 Å². The molecule has 2 saturated heterocycles. The summed E-state index contributed by atoms with van der Waals surface area (Å²) < 4.78 is 5.95. The second-order valence-electron chi connectivity index (χ2n) is 6.68. The minimum absolute atomic E-state index is 0.520. The van der Waals surface area contributed by atoms with Gasteiger partial charge in [-0.15, -0.1) is 0 Å². The molecule has 0 aromatic heterocycles. The first-order valence-corrected chi connectivity index (χ1v) is 7.70. The Labute approximate surface area is 112 Å². The predicted molar refractivity (Wildman–Crippen MR) is 75.9 cm³/mol. The van der Waals surface area contributed by atoms with E-state index in [1.165, 1.54) is 51.7 Å². The Hall–Kier alpha value is -0.120. The Bertz CT molecular complexity index is 227. The number of nitrogens with one attached hydrogen (secondary N) is 1. The van der Waals surface area contributed by atoms with Gasteiger partial charge in [0.1, 0.15) is 0 Å². The summed E-state index contributed by atoms with van der Waals surface area (Å²) in [6, 6.07) is 0. The molecule has 2 fully saturated rings. The fourth-order valence-corrected chi connectivity index (χ4v) is 2.88. The van der Waals surface area contributed by atoms with Crippen LogP contribution in [0, 0.1) is 5.41 Å². The average molecular weight is 254 g/mol. The first kappa shape index (κ1) is 14.3. The third-order valence-electron chi connectivity index (χ3n) is 4.47. The van der Waals surface area contributed by atoms with Crippen molar-refractivity contribution in [2.75, 3.05) is 39.3 Å². The second-order valence-corrected chi connectivity index (χ2v) is 6.68. The van der Waals surface area contributed by atoms with Crippen LogP contribution in [0.25, 0.3) is 0 Å². The van der Waals surface area contributed by atoms with E-state index in [-0.39, 0.29) is 0 Å². The monoisotopic (exact) mass is 254 g/mol. The van der Waals surface area contributed by atoms with Crippen molar-refractivity contribution in [3.05, 3.63) is 0 Å². The molecule has 0 atom stereocenters. The molecule has 2 heterocycles. The van der Waals surface area contributed by atoms with Gasteiger partial charge in [-0.25, -0.2) is 0 Å². The van der Waals surface area contributed by atoms with Crippen molar-refractivity contribution in [3.63, 3.8) is 0 Å². The summed E-state index contributed by atoms with van der Waals surface area (Å²) in [6.45, 7) is 11.8. The molecular formula is C15H30N2O. The standard InChI is InChI=1S/C15H30N2O/c1-15(2)6-11-17(12-7-15)10-3-13-18-14-4-8-16-9-5-14/h14,16H,3-13H2,1-2H3. The maximum Gasteiger partial charge on any atom is 0.0599 e. The number of hydrogen-bond donors (Lipinski definition) is 1. The van der Waals surface area contributed by atoms with Gasteiger partial charge in [0.05, 0.1) is 6.10 Å². The molecule has 0 aliphatic carbocycles. The Kier molecular flexibility index (Phi) is 5.46. The van der Waals surface area contributed by atoms with Gasteiger partial charge in [-0.05, 0) is 63.7 Å². The smallest absolute Gasteiger partial charge is 0.0599 e. The van der Waals surface area contributed by atoms with Crippen molar-refractivity contribution in [2.45, 2.75) is 52.1 Å². The summed E-state index contributed by atoms with van der Waals surface area (Å²) in [5.74, 6) is 0. The summed E-state index contributed by atoms with van der Waals surface area (Å²) in [6.07, 6.45) is 6.80. The Morgan fingerprint density at radius 1 is 1.17 bits per heavy atom. The summed E-state index contributed by atoms with van der Waals surface area (Å²) in [5.41, 5.74) is 0.572. The minimum Gasteiger partial charge on any atom is -0.378 e. The highest BCUT2D eigenvalue weighted by atomic mass is 16.5. The van der Waals surface area contributed by atoms with Crippen molar-refractivity contribution in [1.82, 2.24) is 10.2 Å². The van der Waals surface area contributed by atoms with Crippen LogP contribution >= 0.6 is 0 Å². The number of hydrogen-bond acceptors (Lipinski definition) is 3. The molecule has 0 saturated carbocycles. The maximum absolute atomic E-state index is 5.95. The van der Waals surface area contributed by atoms with Crippen LogP contribution in [0.4, 0.5) is 0 Å². The third kappa shape index (κ3) is 4.87. The molecule has 2 aliphatic rings. The highest BCUT2D eigenvalue weighted by Gasteiger charge is 2.24. The quantitative estimate of drug-likeness (QED) is 0.762. The highest BCUT2D eigenvalue weighted by Crippen LogP contribution is 2.29. The lowest BCUT2D eigenvalue weighted by Gasteiger charge is -2.37. The fraction of sp³-hybridized carbons (Fsp3) is 1.00. The van der Waals surface area contributed by atoms with Gasteiger partial charge in [-0.3, -0.25) is 0 Å². The van der Waals surface area contributed by atoms with Gasteiger partial charge in [0.2, 0.25) is 0 Å². The van der Waals surface area contributed by atoms with Gasteiger partial charge < -0.3 is 15.0 Å². The lowest BCUT2D eigenvalue weighted by atomic mass is 9.83. The zero-order valence-electron chi connectivity index (χ0n) is 12.2. The van der Waals surface area contributed by atoms with Crippen molar-refractivity contribution < 1.29 is 4.74 Å². The van der Waals surface area contributed by atoms with Gasteiger partial charge in [0, 0.05) is 13.2 Å². The molecule has 18 heavy (non-hydrogen) atoms. The topological polar surface area (TPSA) is 24.5 Å². The van der Waals surface area contributed by atoms with Crippen LogP contribution in [0.2, 0.25) is 0 Å². The van der Waals surface area contributed by atoms with Crippen molar-refractivity contribution in [3.8, 4) is 0 Å². The number of ether oxygens (including phenoxy) is 1. The van der Waals surface area contributed by atoms with E-state index < -0.39 is 0 Å². The van der Waals surface area contributed by atoms with Crippen LogP contribution < -0.4 is 5.32 Å². The van der Waals surface area contributed by atoms with E-state index in [1.54, 1.807) is 0 Å². The zero-order valence-corrected chi connectivity index (χ0v) is 12.2. The molecule has 0 aromatic carbocycles. The van der Waals surface area contributed by atoms with Crippen LogP contribution in [0.3, 0.4) is 0 Å². The van der Waals surface area contributed by atoms with Crippen LogP contribution in [-0.2, 0) is 4.74 Å². The summed E-state index contributed by atoms with van der Waals surface area (Å²) in [5, 5.41) is 3.38. The summed E-state index contributed by atoms with van der Waals surface area (Å²) >= 11 is 0. The van der Waals surface area contributed by atoms with E-state index in [2.05, 4.69) is 24.1 Å². The predicted octanol–water partition coefficient (Wildman–Crippen LogP) is 2.27. The lowest BCUT2D eigenvalue weighted by Crippen LogP contribution is -2.38. The van der Waals surface area contributed by atoms with E-state index in [9.17, 15) is 0 Å². The van der Waals surface area contributed by atoms with Crippen LogP contribution in [-0.4, -0.2) is 50.3 Å². The molecule has 0 spiro atoms. The number of likely N-dealkylation sites (tertiary alicyclic amines) is 1. The summed E-state index contributed by atoms with van der Waals surface area (Å²) in [7, 11) is 0. The average Bonchev–Trinajstić information content (AvgIpc) is 2.37. The van der Waals surface area contributed by atoms with Crippen LogP contribution in [0.5, 0.6) is 0 Å². The Balaban J connectivity index is 1.50. The Morgan fingerprint density at radius 3 is 2.50 bits per heavy atom. The molecule has 0 radical (unpaired) electrons. The van der Waals surface area contributed by atoms with Crippen LogP contribution in [0.15, 0.2) is 0 Å².